The first-order chi connectivity index (χ1) is 7.50. The number of hydrogen-bond acceptors (Lipinski definition) is 3. The predicted molar refractivity (Wildman–Crippen MR) is 66.1 cm³/mol. The lowest BCUT2D eigenvalue weighted by Crippen LogP contribution is -2.36. The Morgan fingerprint density at radius 1 is 1.50 bits per heavy atom. The van der Waals surface area contributed by atoms with Crippen molar-refractivity contribution in [2.45, 2.75) is 26.9 Å². The van der Waals surface area contributed by atoms with Crippen LogP contribution in [-0.4, -0.2) is 24.3 Å². The maximum atomic E-state index is 9.76. The van der Waals surface area contributed by atoms with E-state index in [0.29, 0.717) is 6.54 Å². The first-order valence-corrected chi connectivity index (χ1v) is 5.59. The lowest BCUT2D eigenvalue weighted by atomic mass is 9.89. The van der Waals surface area contributed by atoms with Gasteiger partial charge in [0, 0.05) is 13.1 Å². The quantitative estimate of drug-likeness (QED) is 0.753. The molecule has 16 heavy (non-hydrogen) atoms. The van der Waals surface area contributed by atoms with Gasteiger partial charge < -0.3 is 14.8 Å². The number of rotatable bonds is 5. The molecule has 2 N–H and O–H groups in total. The maximum Gasteiger partial charge on any atom is 0.126 e. The molecule has 1 aromatic heterocycles. The number of nitrogens with one attached hydrogen (secondary N) is 1. The minimum absolute atomic E-state index is 0.0717. The fraction of sp³-hybridized carbons (Fsp3) is 0.538. The maximum absolute atomic E-state index is 9.76. The van der Waals surface area contributed by atoms with Crippen LogP contribution in [0.1, 0.15) is 26.5 Å². The van der Waals surface area contributed by atoms with Crippen LogP contribution >= 0.6 is 0 Å². The lowest BCUT2D eigenvalue weighted by molar-refractivity contribution is 0.0639. The Kier molecular flexibility index (Phi) is 4.77. The van der Waals surface area contributed by atoms with E-state index in [1.807, 2.05) is 45.1 Å². The molecule has 0 saturated carbocycles. The highest BCUT2D eigenvalue weighted by Gasteiger charge is 2.20. The van der Waals surface area contributed by atoms with Crippen LogP contribution in [0.25, 0.3) is 6.08 Å². The van der Waals surface area contributed by atoms with E-state index in [-0.39, 0.29) is 11.5 Å². The van der Waals surface area contributed by atoms with Crippen LogP contribution < -0.4 is 5.32 Å². The van der Waals surface area contributed by atoms with Crippen LogP contribution in [0, 0.1) is 5.41 Å². The molecule has 0 aromatic carbocycles. The van der Waals surface area contributed by atoms with Crippen molar-refractivity contribution in [3.8, 4) is 0 Å². The molecule has 90 valence electrons. The molecule has 0 amide bonds. The molecule has 0 fully saturated rings. The summed E-state index contributed by atoms with van der Waals surface area (Å²) in [5.74, 6) is 0.846. The number of furan rings is 1. The SMILES string of the molecule is CC(C)(C)C(O)CNC/C=C/c1ccco1. The molecule has 0 saturated heterocycles. The van der Waals surface area contributed by atoms with E-state index in [9.17, 15) is 5.11 Å². The van der Waals surface area contributed by atoms with Crippen molar-refractivity contribution < 1.29 is 9.52 Å². The Bertz CT molecular complexity index is 309. The van der Waals surface area contributed by atoms with Crippen LogP contribution in [0.2, 0.25) is 0 Å². The van der Waals surface area contributed by atoms with Crippen LogP contribution in [0.3, 0.4) is 0 Å². The van der Waals surface area contributed by atoms with Gasteiger partial charge in [-0.3, -0.25) is 0 Å². The molecule has 1 rings (SSSR count). The van der Waals surface area contributed by atoms with Crippen molar-refractivity contribution in [1.82, 2.24) is 5.32 Å². The molecule has 0 aliphatic heterocycles. The van der Waals surface area contributed by atoms with Crippen molar-refractivity contribution in [3.05, 3.63) is 30.2 Å². The molecule has 1 heterocycles. The summed E-state index contributed by atoms with van der Waals surface area (Å²) < 4.78 is 5.15. The fourth-order valence-electron chi connectivity index (χ4n) is 1.17. The second-order valence-electron chi connectivity index (χ2n) is 4.96. The first-order valence-electron chi connectivity index (χ1n) is 5.59. The average molecular weight is 223 g/mol. The fourth-order valence-corrected chi connectivity index (χ4v) is 1.17. The summed E-state index contributed by atoms with van der Waals surface area (Å²) in [6.07, 6.45) is 5.21. The van der Waals surface area contributed by atoms with Crippen molar-refractivity contribution in [2.75, 3.05) is 13.1 Å². The largest absolute Gasteiger partial charge is 0.465 e. The highest BCUT2D eigenvalue weighted by Crippen LogP contribution is 2.17. The van der Waals surface area contributed by atoms with Gasteiger partial charge in [-0.25, -0.2) is 0 Å². The second-order valence-corrected chi connectivity index (χ2v) is 4.96. The summed E-state index contributed by atoms with van der Waals surface area (Å²) in [6, 6.07) is 3.76. The standard InChI is InChI=1S/C13H21NO2/c1-13(2,3)12(15)10-14-8-4-6-11-7-5-9-16-11/h4-7,9,12,14-15H,8,10H2,1-3H3/b6-4+. The third-order valence-corrected chi connectivity index (χ3v) is 2.42. The molecule has 0 aliphatic rings. The van der Waals surface area contributed by atoms with E-state index < -0.39 is 0 Å². The predicted octanol–water partition coefficient (Wildman–Crippen LogP) is 2.29. The van der Waals surface area contributed by atoms with Crippen LogP contribution in [-0.2, 0) is 0 Å². The third kappa shape index (κ3) is 4.64. The zero-order chi connectivity index (χ0) is 12.0. The van der Waals surface area contributed by atoms with Crippen LogP contribution in [0.15, 0.2) is 28.9 Å². The van der Waals surface area contributed by atoms with Gasteiger partial charge in [0.2, 0.25) is 0 Å². The van der Waals surface area contributed by atoms with Gasteiger partial charge in [0.05, 0.1) is 12.4 Å². The molecular weight excluding hydrogens is 202 g/mol. The molecule has 0 radical (unpaired) electrons. The smallest absolute Gasteiger partial charge is 0.126 e. The van der Waals surface area contributed by atoms with E-state index in [1.165, 1.54) is 0 Å². The number of hydrogen-bond donors (Lipinski definition) is 2. The third-order valence-electron chi connectivity index (χ3n) is 2.42. The molecular formula is C13H21NO2. The Morgan fingerprint density at radius 2 is 2.25 bits per heavy atom. The first kappa shape index (κ1) is 13.0. The van der Waals surface area contributed by atoms with Crippen molar-refractivity contribution in [3.63, 3.8) is 0 Å². The summed E-state index contributed by atoms with van der Waals surface area (Å²) in [5, 5.41) is 12.9. The summed E-state index contributed by atoms with van der Waals surface area (Å²) in [6.45, 7) is 7.41. The molecule has 0 aliphatic carbocycles. The molecule has 1 unspecified atom stereocenters. The van der Waals surface area contributed by atoms with Gasteiger partial charge in [-0.15, -0.1) is 0 Å². The minimum atomic E-state index is -0.329. The number of aliphatic hydroxyl groups is 1. The van der Waals surface area contributed by atoms with Gasteiger partial charge in [-0.1, -0.05) is 26.8 Å². The highest BCUT2D eigenvalue weighted by molar-refractivity contribution is 5.42. The summed E-state index contributed by atoms with van der Waals surface area (Å²) >= 11 is 0. The Labute approximate surface area is 97.2 Å². The summed E-state index contributed by atoms with van der Waals surface area (Å²) in [5.41, 5.74) is -0.0717. The molecule has 1 atom stereocenters. The minimum Gasteiger partial charge on any atom is -0.465 e. The van der Waals surface area contributed by atoms with Gasteiger partial charge >= 0.3 is 0 Å². The zero-order valence-corrected chi connectivity index (χ0v) is 10.2. The molecule has 0 bridgehead atoms. The lowest BCUT2D eigenvalue weighted by Gasteiger charge is -2.25. The van der Waals surface area contributed by atoms with Gasteiger partial charge in [-0.05, 0) is 23.6 Å². The van der Waals surface area contributed by atoms with Gasteiger partial charge in [0.25, 0.3) is 0 Å². The number of aliphatic hydroxyl groups excluding tert-OH is 1. The van der Waals surface area contributed by atoms with E-state index in [1.54, 1.807) is 6.26 Å². The van der Waals surface area contributed by atoms with Crippen molar-refractivity contribution in [1.29, 1.82) is 0 Å². The van der Waals surface area contributed by atoms with E-state index in [4.69, 9.17) is 4.42 Å². The van der Waals surface area contributed by atoms with E-state index >= 15 is 0 Å². The van der Waals surface area contributed by atoms with Gasteiger partial charge in [-0.2, -0.15) is 0 Å². The normalized spacial score (nSPS) is 14.5. The monoisotopic (exact) mass is 223 g/mol. The highest BCUT2D eigenvalue weighted by atomic mass is 16.3. The molecule has 3 nitrogen and oxygen atoms in total. The van der Waals surface area contributed by atoms with Crippen molar-refractivity contribution in [2.24, 2.45) is 5.41 Å². The molecule has 0 spiro atoms. The Balaban J connectivity index is 2.17. The zero-order valence-electron chi connectivity index (χ0n) is 10.2. The van der Waals surface area contributed by atoms with E-state index in [2.05, 4.69) is 5.32 Å². The Morgan fingerprint density at radius 3 is 2.81 bits per heavy atom. The molecule has 3 heteroatoms. The van der Waals surface area contributed by atoms with E-state index in [0.717, 1.165) is 12.3 Å². The summed E-state index contributed by atoms with van der Waals surface area (Å²) in [4.78, 5) is 0. The summed E-state index contributed by atoms with van der Waals surface area (Å²) in [7, 11) is 0. The molecule has 1 aromatic rings. The van der Waals surface area contributed by atoms with Crippen LogP contribution in [0.4, 0.5) is 0 Å². The van der Waals surface area contributed by atoms with Gasteiger partial charge in [0.15, 0.2) is 0 Å². The average Bonchev–Trinajstić information content (AvgIpc) is 2.68. The second kappa shape index (κ2) is 5.87. The van der Waals surface area contributed by atoms with Crippen molar-refractivity contribution >= 4 is 6.08 Å². The van der Waals surface area contributed by atoms with Gasteiger partial charge in [0.1, 0.15) is 5.76 Å². The Hall–Kier alpha value is -1.06. The topological polar surface area (TPSA) is 45.4 Å². The van der Waals surface area contributed by atoms with Crippen LogP contribution in [0.5, 0.6) is 0 Å².